The van der Waals surface area contributed by atoms with Gasteiger partial charge in [-0.3, -0.25) is 9.48 Å². The van der Waals surface area contributed by atoms with Crippen LogP contribution >= 0.6 is 0 Å². The van der Waals surface area contributed by atoms with E-state index in [2.05, 4.69) is 20.2 Å². The zero-order chi connectivity index (χ0) is 22.6. The Hall–Kier alpha value is -3.70. The molecule has 1 aliphatic heterocycles. The van der Waals surface area contributed by atoms with Gasteiger partial charge in [0.05, 0.1) is 23.2 Å². The number of halogens is 4. The summed E-state index contributed by atoms with van der Waals surface area (Å²) < 4.78 is 55.4. The molecule has 0 saturated heterocycles. The maximum atomic E-state index is 13.5. The fourth-order valence-electron chi connectivity index (χ4n) is 4.09. The van der Waals surface area contributed by atoms with E-state index in [-0.39, 0.29) is 17.9 Å². The number of alkyl halides is 4. The highest BCUT2D eigenvalue weighted by Crippen LogP contribution is 2.35. The molecule has 166 valence electrons. The summed E-state index contributed by atoms with van der Waals surface area (Å²) in [5.41, 5.74) is 1.31. The van der Waals surface area contributed by atoms with Crippen LogP contribution in [0.25, 0.3) is 5.52 Å². The molecule has 4 aromatic rings. The van der Waals surface area contributed by atoms with Crippen molar-refractivity contribution in [3.05, 3.63) is 70.8 Å². The summed E-state index contributed by atoms with van der Waals surface area (Å²) in [6.45, 7) is 0.253. The van der Waals surface area contributed by atoms with E-state index in [4.69, 9.17) is 0 Å². The van der Waals surface area contributed by atoms with Crippen LogP contribution in [0, 0.1) is 0 Å². The smallest absolute Gasteiger partial charge is 0.282 e. The quantitative estimate of drug-likeness (QED) is 0.486. The van der Waals surface area contributed by atoms with E-state index in [1.165, 1.54) is 30.4 Å². The Morgan fingerprint density at radius 2 is 1.97 bits per heavy atom. The second-order valence-corrected chi connectivity index (χ2v) is 7.45. The molecule has 1 amide bonds. The Labute approximate surface area is 178 Å². The van der Waals surface area contributed by atoms with Crippen LogP contribution in [0.3, 0.4) is 0 Å². The summed E-state index contributed by atoms with van der Waals surface area (Å²) in [5, 5.41) is 8.08. The Morgan fingerprint density at radius 3 is 2.69 bits per heavy atom. The number of aromatic amines is 1. The maximum absolute atomic E-state index is 13.5. The van der Waals surface area contributed by atoms with Crippen molar-refractivity contribution in [1.82, 2.24) is 34.3 Å². The molecule has 1 unspecified atom stereocenters. The lowest BCUT2D eigenvalue weighted by Gasteiger charge is -2.33. The number of rotatable bonds is 4. The molecular weight excluding hydrogens is 430 g/mol. The highest BCUT2D eigenvalue weighted by Gasteiger charge is 2.37. The van der Waals surface area contributed by atoms with Crippen LogP contribution in [0.2, 0.25) is 0 Å². The molecule has 0 aliphatic carbocycles. The normalized spacial score (nSPS) is 16.3. The van der Waals surface area contributed by atoms with E-state index in [9.17, 15) is 22.4 Å². The number of hydrogen-bond donors (Lipinski definition) is 1. The Kier molecular flexibility index (Phi) is 4.72. The van der Waals surface area contributed by atoms with Gasteiger partial charge in [-0.15, -0.1) is 0 Å². The van der Waals surface area contributed by atoms with E-state index < -0.39 is 30.5 Å². The molecule has 0 fully saturated rings. The maximum Gasteiger partial charge on any atom is 0.282 e. The Bertz CT molecular complexity index is 1310. The van der Waals surface area contributed by atoms with Gasteiger partial charge in [-0.05, 0) is 24.3 Å². The number of carbonyl (C=O) groups is 1. The summed E-state index contributed by atoms with van der Waals surface area (Å²) in [5.74, 6) is -0.531. The first-order valence-electron chi connectivity index (χ1n) is 9.77. The number of aryl methyl sites for hydroxylation is 1. The number of amides is 1. The van der Waals surface area contributed by atoms with Crippen molar-refractivity contribution >= 4 is 11.4 Å². The van der Waals surface area contributed by atoms with Gasteiger partial charge in [0, 0.05) is 25.7 Å². The van der Waals surface area contributed by atoms with Crippen molar-refractivity contribution in [3.63, 3.8) is 0 Å². The van der Waals surface area contributed by atoms with Crippen molar-refractivity contribution in [2.45, 2.75) is 25.3 Å². The minimum Gasteiger partial charge on any atom is -0.348 e. The summed E-state index contributed by atoms with van der Waals surface area (Å²) in [6.07, 6.45) is -3.60. The Balaban J connectivity index is 1.62. The summed E-state index contributed by atoms with van der Waals surface area (Å²) >= 11 is 0. The molecule has 0 spiro atoms. The van der Waals surface area contributed by atoms with Gasteiger partial charge < -0.3 is 9.88 Å². The average molecular weight is 447 g/mol. The van der Waals surface area contributed by atoms with E-state index >= 15 is 0 Å². The third kappa shape index (κ3) is 3.13. The van der Waals surface area contributed by atoms with Crippen LogP contribution in [0.1, 0.15) is 57.9 Å². The highest BCUT2D eigenvalue weighted by atomic mass is 19.3. The van der Waals surface area contributed by atoms with Gasteiger partial charge in [-0.2, -0.15) is 10.2 Å². The lowest BCUT2D eigenvalue weighted by Crippen LogP contribution is -2.41. The van der Waals surface area contributed by atoms with E-state index in [0.29, 0.717) is 23.3 Å². The standard InChI is InChI=1S/C20H17F4N7O/c1-29-15(8-13(27-29)18(21)22)20(32)30-6-5-11-16(26-9-25-11)17(30)12-7-10-3-2-4-14(19(23)24)31(10)28-12/h2-4,7-9,17-19H,5-6H2,1H3,(H,25,26). The highest BCUT2D eigenvalue weighted by molar-refractivity contribution is 5.93. The van der Waals surface area contributed by atoms with Crippen LogP contribution in [0.5, 0.6) is 0 Å². The molecule has 1 atom stereocenters. The van der Waals surface area contributed by atoms with Crippen LogP contribution in [-0.4, -0.2) is 46.7 Å². The van der Waals surface area contributed by atoms with Crippen molar-refractivity contribution < 1.29 is 22.4 Å². The zero-order valence-corrected chi connectivity index (χ0v) is 16.7. The van der Waals surface area contributed by atoms with Gasteiger partial charge in [-0.1, -0.05) is 6.07 Å². The summed E-state index contributed by atoms with van der Waals surface area (Å²) in [4.78, 5) is 22.2. The fourth-order valence-corrected chi connectivity index (χ4v) is 4.09. The summed E-state index contributed by atoms with van der Waals surface area (Å²) in [7, 11) is 1.41. The molecule has 0 radical (unpaired) electrons. The average Bonchev–Trinajstić information content (AvgIpc) is 3.49. The number of nitrogens with one attached hydrogen (secondary N) is 1. The predicted octanol–water partition coefficient (Wildman–Crippen LogP) is 3.45. The molecule has 5 heterocycles. The minimum atomic E-state index is -2.82. The lowest BCUT2D eigenvalue weighted by atomic mass is 9.99. The first kappa shape index (κ1) is 20.2. The van der Waals surface area contributed by atoms with Crippen LogP contribution < -0.4 is 0 Å². The summed E-state index contributed by atoms with van der Waals surface area (Å²) in [6, 6.07) is 6.32. The fraction of sp³-hybridized carbons (Fsp3) is 0.300. The van der Waals surface area contributed by atoms with E-state index in [0.717, 1.165) is 21.0 Å². The van der Waals surface area contributed by atoms with Crippen molar-refractivity contribution in [3.8, 4) is 0 Å². The number of H-pyrrole nitrogens is 1. The van der Waals surface area contributed by atoms with Crippen LogP contribution in [-0.2, 0) is 13.5 Å². The van der Waals surface area contributed by atoms with Crippen LogP contribution in [0.15, 0.2) is 36.7 Å². The molecule has 4 aromatic heterocycles. The zero-order valence-electron chi connectivity index (χ0n) is 16.7. The van der Waals surface area contributed by atoms with Gasteiger partial charge in [0.15, 0.2) is 0 Å². The SMILES string of the molecule is Cn1nc(C(F)F)cc1C(=O)N1CCc2[nH]cnc2C1c1cc2cccc(C(F)F)n2n1. The van der Waals surface area contributed by atoms with Gasteiger partial charge in [-0.25, -0.2) is 27.1 Å². The van der Waals surface area contributed by atoms with Gasteiger partial charge >= 0.3 is 0 Å². The molecule has 1 aliphatic rings. The van der Waals surface area contributed by atoms with E-state index in [1.54, 1.807) is 12.1 Å². The number of aromatic nitrogens is 6. The van der Waals surface area contributed by atoms with Crippen molar-refractivity contribution in [2.75, 3.05) is 6.54 Å². The topological polar surface area (TPSA) is 84.1 Å². The molecular formula is C20H17F4N7O. The van der Waals surface area contributed by atoms with Crippen molar-refractivity contribution in [2.24, 2.45) is 7.05 Å². The first-order chi connectivity index (χ1) is 15.3. The molecule has 8 nitrogen and oxygen atoms in total. The molecule has 12 heteroatoms. The number of pyridine rings is 1. The van der Waals surface area contributed by atoms with Gasteiger partial charge in [0.2, 0.25) is 0 Å². The Morgan fingerprint density at radius 1 is 1.16 bits per heavy atom. The van der Waals surface area contributed by atoms with Crippen molar-refractivity contribution in [1.29, 1.82) is 0 Å². The number of fused-ring (bicyclic) bond motifs is 2. The molecule has 1 N–H and O–H groups in total. The minimum absolute atomic E-state index is 0.0127. The molecule has 0 aromatic carbocycles. The van der Waals surface area contributed by atoms with Gasteiger partial charge in [0.25, 0.3) is 18.8 Å². The lowest BCUT2D eigenvalue weighted by molar-refractivity contribution is 0.0675. The number of imidazole rings is 1. The molecule has 0 saturated carbocycles. The second kappa shape index (κ2) is 7.46. The second-order valence-electron chi connectivity index (χ2n) is 7.45. The predicted molar refractivity (Wildman–Crippen MR) is 103 cm³/mol. The first-order valence-corrected chi connectivity index (χ1v) is 9.77. The largest absolute Gasteiger partial charge is 0.348 e. The molecule has 32 heavy (non-hydrogen) atoms. The van der Waals surface area contributed by atoms with Crippen LogP contribution in [0.4, 0.5) is 17.6 Å². The third-order valence-electron chi connectivity index (χ3n) is 5.57. The molecule has 0 bridgehead atoms. The van der Waals surface area contributed by atoms with Gasteiger partial charge in [0.1, 0.15) is 23.1 Å². The number of nitrogens with zero attached hydrogens (tertiary/aromatic N) is 6. The van der Waals surface area contributed by atoms with E-state index in [1.807, 2.05) is 0 Å². The molecule has 5 rings (SSSR count). The number of carbonyl (C=O) groups excluding carboxylic acids is 1. The monoisotopic (exact) mass is 447 g/mol. The number of hydrogen-bond acceptors (Lipinski definition) is 4. The third-order valence-corrected chi connectivity index (χ3v) is 5.57.